The third-order valence-electron chi connectivity index (χ3n) is 4.50. The predicted octanol–water partition coefficient (Wildman–Crippen LogP) is 2.31. The standard InChI is InChI=1S/C18H22FN3O2/c1-22-13-14(12-20-22)5-6-17(23)21-18(7-9-24-10-8-18)15-3-2-4-16(19)11-15/h2-4,11-13H,5-10H2,1H3,(H,21,23). The summed E-state index contributed by atoms with van der Waals surface area (Å²) < 4.78 is 20.8. The fourth-order valence-electron chi connectivity index (χ4n) is 3.18. The second kappa shape index (κ2) is 7.13. The van der Waals surface area contributed by atoms with E-state index in [4.69, 9.17) is 4.74 Å². The molecule has 1 N–H and O–H groups in total. The molecular formula is C18H22FN3O2. The van der Waals surface area contributed by atoms with Crippen LogP contribution in [-0.2, 0) is 28.5 Å². The number of rotatable bonds is 5. The van der Waals surface area contributed by atoms with Gasteiger partial charge in [0.25, 0.3) is 0 Å². The zero-order chi connectivity index (χ0) is 17.0. The number of carbonyl (C=O) groups is 1. The summed E-state index contributed by atoms with van der Waals surface area (Å²) in [4.78, 5) is 12.5. The Morgan fingerprint density at radius 2 is 2.21 bits per heavy atom. The molecule has 3 rings (SSSR count). The van der Waals surface area contributed by atoms with Gasteiger partial charge < -0.3 is 10.1 Å². The number of nitrogens with zero attached hydrogens (tertiary/aromatic N) is 2. The molecule has 0 radical (unpaired) electrons. The minimum absolute atomic E-state index is 0.0370. The van der Waals surface area contributed by atoms with Crippen LogP contribution in [-0.4, -0.2) is 28.9 Å². The second-order valence-corrected chi connectivity index (χ2v) is 6.28. The number of halogens is 1. The van der Waals surface area contributed by atoms with Gasteiger partial charge in [-0.05, 0) is 42.5 Å². The number of aromatic nitrogens is 2. The summed E-state index contributed by atoms with van der Waals surface area (Å²) in [5, 5.41) is 7.25. The zero-order valence-electron chi connectivity index (χ0n) is 13.8. The van der Waals surface area contributed by atoms with E-state index in [2.05, 4.69) is 10.4 Å². The third-order valence-corrected chi connectivity index (χ3v) is 4.50. The highest BCUT2D eigenvalue weighted by molar-refractivity contribution is 5.77. The number of amides is 1. The topological polar surface area (TPSA) is 56.2 Å². The number of nitrogens with one attached hydrogen (secondary N) is 1. The lowest BCUT2D eigenvalue weighted by atomic mass is 9.82. The fraction of sp³-hybridized carbons (Fsp3) is 0.444. The summed E-state index contributed by atoms with van der Waals surface area (Å²) >= 11 is 0. The SMILES string of the molecule is Cn1cc(CCC(=O)NC2(c3cccc(F)c3)CCOCC2)cn1. The van der Waals surface area contributed by atoms with Crippen molar-refractivity contribution in [1.29, 1.82) is 0 Å². The van der Waals surface area contributed by atoms with E-state index < -0.39 is 5.54 Å². The minimum atomic E-state index is -0.549. The summed E-state index contributed by atoms with van der Waals surface area (Å²) in [5.41, 5.74) is 1.28. The maximum absolute atomic E-state index is 13.6. The van der Waals surface area contributed by atoms with Crippen molar-refractivity contribution >= 4 is 5.91 Å². The summed E-state index contributed by atoms with van der Waals surface area (Å²) in [7, 11) is 1.85. The molecule has 2 heterocycles. The molecule has 1 aromatic carbocycles. The molecule has 0 bridgehead atoms. The number of carbonyl (C=O) groups excluding carboxylic acids is 1. The van der Waals surface area contributed by atoms with Gasteiger partial charge in [-0.3, -0.25) is 9.48 Å². The molecule has 2 aromatic rings. The molecule has 1 amide bonds. The zero-order valence-corrected chi connectivity index (χ0v) is 13.8. The highest BCUT2D eigenvalue weighted by Gasteiger charge is 2.36. The maximum atomic E-state index is 13.6. The fourth-order valence-corrected chi connectivity index (χ4v) is 3.18. The van der Waals surface area contributed by atoms with Gasteiger partial charge in [0.1, 0.15) is 5.82 Å². The van der Waals surface area contributed by atoms with Crippen LogP contribution in [0.2, 0.25) is 0 Å². The van der Waals surface area contributed by atoms with Crippen molar-refractivity contribution in [2.45, 2.75) is 31.2 Å². The van der Waals surface area contributed by atoms with Crippen LogP contribution < -0.4 is 5.32 Å². The molecule has 0 atom stereocenters. The van der Waals surface area contributed by atoms with Gasteiger partial charge in [-0.1, -0.05) is 12.1 Å². The summed E-state index contributed by atoms with van der Waals surface area (Å²) in [6.45, 7) is 1.11. The van der Waals surface area contributed by atoms with Gasteiger partial charge >= 0.3 is 0 Å². The Morgan fingerprint density at radius 1 is 1.42 bits per heavy atom. The van der Waals surface area contributed by atoms with E-state index in [9.17, 15) is 9.18 Å². The Kier molecular flexibility index (Phi) is 4.94. The molecule has 5 nitrogen and oxygen atoms in total. The van der Waals surface area contributed by atoms with Crippen molar-refractivity contribution in [3.63, 3.8) is 0 Å². The van der Waals surface area contributed by atoms with Crippen molar-refractivity contribution in [2.24, 2.45) is 7.05 Å². The van der Waals surface area contributed by atoms with E-state index in [0.717, 1.165) is 11.1 Å². The van der Waals surface area contributed by atoms with Gasteiger partial charge in [0.15, 0.2) is 0 Å². The first-order valence-corrected chi connectivity index (χ1v) is 8.20. The Labute approximate surface area is 140 Å². The lowest BCUT2D eigenvalue weighted by molar-refractivity contribution is -0.124. The Bertz CT molecular complexity index is 708. The first-order chi connectivity index (χ1) is 11.6. The first kappa shape index (κ1) is 16.6. The molecular weight excluding hydrogens is 309 g/mol. The van der Waals surface area contributed by atoms with Gasteiger partial charge in [0.2, 0.25) is 5.91 Å². The monoisotopic (exact) mass is 331 g/mol. The average molecular weight is 331 g/mol. The van der Waals surface area contributed by atoms with Crippen LogP contribution in [0.5, 0.6) is 0 Å². The number of aryl methyl sites for hydroxylation is 2. The first-order valence-electron chi connectivity index (χ1n) is 8.20. The second-order valence-electron chi connectivity index (χ2n) is 6.28. The predicted molar refractivity (Wildman–Crippen MR) is 87.8 cm³/mol. The Hall–Kier alpha value is -2.21. The van der Waals surface area contributed by atoms with Crippen molar-refractivity contribution < 1.29 is 13.9 Å². The number of benzene rings is 1. The van der Waals surface area contributed by atoms with Crippen LogP contribution in [0, 0.1) is 5.82 Å². The third kappa shape index (κ3) is 3.82. The van der Waals surface area contributed by atoms with Crippen molar-refractivity contribution in [1.82, 2.24) is 15.1 Å². The molecule has 24 heavy (non-hydrogen) atoms. The quantitative estimate of drug-likeness (QED) is 0.915. The van der Waals surface area contributed by atoms with Crippen LogP contribution in [0.4, 0.5) is 4.39 Å². The molecule has 1 aliphatic heterocycles. The van der Waals surface area contributed by atoms with E-state index in [-0.39, 0.29) is 11.7 Å². The van der Waals surface area contributed by atoms with Crippen LogP contribution in [0.3, 0.4) is 0 Å². The number of hydrogen-bond donors (Lipinski definition) is 1. The molecule has 0 spiro atoms. The van der Waals surface area contributed by atoms with Gasteiger partial charge in [0, 0.05) is 32.9 Å². The highest BCUT2D eigenvalue weighted by atomic mass is 19.1. The molecule has 128 valence electrons. The molecule has 6 heteroatoms. The van der Waals surface area contributed by atoms with E-state index in [1.165, 1.54) is 12.1 Å². The number of hydrogen-bond acceptors (Lipinski definition) is 3. The van der Waals surface area contributed by atoms with Gasteiger partial charge in [-0.15, -0.1) is 0 Å². The van der Waals surface area contributed by atoms with Gasteiger partial charge in [0.05, 0.1) is 11.7 Å². The maximum Gasteiger partial charge on any atom is 0.221 e. The smallest absolute Gasteiger partial charge is 0.221 e. The molecule has 1 aliphatic rings. The van der Waals surface area contributed by atoms with E-state index in [1.807, 2.05) is 19.3 Å². The molecule has 1 aromatic heterocycles. The highest BCUT2D eigenvalue weighted by Crippen LogP contribution is 2.32. The Balaban J connectivity index is 1.71. The summed E-state index contributed by atoms with van der Waals surface area (Å²) in [6.07, 6.45) is 5.98. The number of ether oxygens (including phenoxy) is 1. The van der Waals surface area contributed by atoms with Crippen LogP contribution in [0.15, 0.2) is 36.7 Å². The van der Waals surface area contributed by atoms with E-state index in [0.29, 0.717) is 38.9 Å². The van der Waals surface area contributed by atoms with Crippen LogP contribution >= 0.6 is 0 Å². The van der Waals surface area contributed by atoms with Crippen LogP contribution in [0.1, 0.15) is 30.4 Å². The van der Waals surface area contributed by atoms with E-state index >= 15 is 0 Å². The summed E-state index contributed by atoms with van der Waals surface area (Å²) in [6, 6.07) is 6.48. The minimum Gasteiger partial charge on any atom is -0.381 e. The lowest BCUT2D eigenvalue weighted by Crippen LogP contribution is -2.49. The molecule has 0 aliphatic carbocycles. The average Bonchev–Trinajstić information content (AvgIpc) is 2.99. The molecule has 1 fully saturated rings. The van der Waals surface area contributed by atoms with Gasteiger partial charge in [-0.2, -0.15) is 5.10 Å². The van der Waals surface area contributed by atoms with Crippen LogP contribution in [0.25, 0.3) is 0 Å². The molecule has 0 saturated carbocycles. The van der Waals surface area contributed by atoms with Gasteiger partial charge in [-0.25, -0.2) is 4.39 Å². The Morgan fingerprint density at radius 3 is 2.88 bits per heavy atom. The normalized spacial score (nSPS) is 16.8. The van der Waals surface area contributed by atoms with E-state index in [1.54, 1.807) is 16.9 Å². The van der Waals surface area contributed by atoms with Crippen molar-refractivity contribution in [2.75, 3.05) is 13.2 Å². The van der Waals surface area contributed by atoms with Crippen molar-refractivity contribution in [3.8, 4) is 0 Å². The summed E-state index contributed by atoms with van der Waals surface area (Å²) in [5.74, 6) is -0.326. The van der Waals surface area contributed by atoms with Crippen molar-refractivity contribution in [3.05, 3.63) is 53.6 Å². The lowest BCUT2D eigenvalue weighted by Gasteiger charge is -2.38. The molecule has 1 saturated heterocycles. The largest absolute Gasteiger partial charge is 0.381 e. The molecule has 0 unspecified atom stereocenters.